The number of rotatable bonds is 3. The van der Waals surface area contributed by atoms with E-state index in [1.807, 2.05) is 4.72 Å². The minimum atomic E-state index is -4.11. The first-order valence-corrected chi connectivity index (χ1v) is 9.73. The van der Waals surface area contributed by atoms with Gasteiger partial charge in [-0.1, -0.05) is 22.0 Å². The smallest absolute Gasteiger partial charge is 0.421 e. The molecule has 7 nitrogen and oxygen atoms in total. The van der Waals surface area contributed by atoms with E-state index in [9.17, 15) is 18.3 Å². The molecular formula is C15H20BrNO6S. The fourth-order valence-electron chi connectivity index (χ4n) is 2.39. The largest absolute Gasteiger partial charge is 0.493 e. The highest BCUT2D eigenvalue weighted by atomic mass is 79.9. The Balaban J connectivity index is 2.19. The zero-order valence-electron chi connectivity index (χ0n) is 13.6. The van der Waals surface area contributed by atoms with Crippen molar-refractivity contribution >= 4 is 32.0 Å². The number of nitrogens with one attached hydrogen (secondary N) is 1. The number of hydrogen-bond donors (Lipinski definition) is 2. The van der Waals surface area contributed by atoms with Crippen molar-refractivity contribution in [3.63, 3.8) is 0 Å². The van der Waals surface area contributed by atoms with Gasteiger partial charge in [-0.05, 0) is 32.9 Å². The van der Waals surface area contributed by atoms with Crippen molar-refractivity contribution in [1.82, 2.24) is 4.72 Å². The predicted molar refractivity (Wildman–Crippen MR) is 91.3 cm³/mol. The van der Waals surface area contributed by atoms with Crippen LogP contribution in [0.4, 0.5) is 4.79 Å². The van der Waals surface area contributed by atoms with E-state index in [2.05, 4.69) is 15.9 Å². The van der Waals surface area contributed by atoms with Crippen LogP contribution >= 0.6 is 15.9 Å². The molecule has 9 heteroatoms. The summed E-state index contributed by atoms with van der Waals surface area (Å²) < 4.78 is 37.5. The molecular weight excluding hydrogens is 402 g/mol. The Morgan fingerprint density at radius 2 is 2.12 bits per heavy atom. The summed E-state index contributed by atoms with van der Waals surface area (Å²) >= 11 is 3.30. The van der Waals surface area contributed by atoms with Gasteiger partial charge in [-0.2, -0.15) is 0 Å². The zero-order chi connectivity index (χ0) is 18.2. The highest BCUT2D eigenvalue weighted by molar-refractivity contribution is 9.10. The van der Waals surface area contributed by atoms with Crippen molar-refractivity contribution in [3.8, 4) is 5.75 Å². The van der Waals surface area contributed by atoms with Gasteiger partial charge in [0.1, 0.15) is 22.7 Å². The van der Waals surface area contributed by atoms with Gasteiger partial charge in [-0.25, -0.2) is 17.9 Å². The first-order valence-electron chi connectivity index (χ1n) is 7.29. The molecule has 1 atom stereocenters. The zero-order valence-corrected chi connectivity index (χ0v) is 16.0. The Kier molecular flexibility index (Phi) is 5.17. The van der Waals surface area contributed by atoms with Crippen molar-refractivity contribution < 1.29 is 27.8 Å². The molecule has 0 aliphatic carbocycles. The monoisotopic (exact) mass is 421 g/mol. The predicted octanol–water partition coefficient (Wildman–Crippen LogP) is 2.27. The summed E-state index contributed by atoms with van der Waals surface area (Å²) in [4.78, 5) is 11.7. The number of carbonyl (C=O) groups excluding carboxylic acids is 1. The quantitative estimate of drug-likeness (QED) is 0.775. The van der Waals surface area contributed by atoms with Gasteiger partial charge in [-0.3, -0.25) is 0 Å². The third kappa shape index (κ3) is 4.84. The van der Waals surface area contributed by atoms with Gasteiger partial charge in [0.15, 0.2) is 0 Å². The number of amides is 1. The standard InChI is InChI=1S/C15H20BrNO6S/c1-14(2,3)23-13(18)17-24(20,21)9-15(19)6-7-22-12-8-10(16)4-5-11(12)15/h4-5,8,19H,6-7,9H2,1-3H3,(H,17,18). The topological polar surface area (TPSA) is 102 Å². The summed E-state index contributed by atoms with van der Waals surface area (Å²) in [7, 11) is -4.11. The van der Waals surface area contributed by atoms with Crippen LogP contribution in [-0.4, -0.2) is 37.6 Å². The number of carbonyl (C=O) groups is 1. The van der Waals surface area contributed by atoms with Gasteiger partial charge in [0.05, 0.1) is 6.61 Å². The Labute approximate surface area is 149 Å². The lowest BCUT2D eigenvalue weighted by Crippen LogP contribution is -2.45. The molecule has 1 amide bonds. The highest BCUT2D eigenvalue weighted by Gasteiger charge is 2.40. The van der Waals surface area contributed by atoms with Crippen molar-refractivity contribution in [2.75, 3.05) is 12.4 Å². The summed E-state index contributed by atoms with van der Waals surface area (Å²) in [6.45, 7) is 5.04. The maximum atomic E-state index is 12.3. The molecule has 1 heterocycles. The van der Waals surface area contributed by atoms with Crippen LogP contribution in [0.25, 0.3) is 0 Å². The van der Waals surface area contributed by atoms with Gasteiger partial charge in [0.2, 0.25) is 10.0 Å². The fraction of sp³-hybridized carbons (Fsp3) is 0.533. The lowest BCUT2D eigenvalue weighted by molar-refractivity contribution is 0.0175. The van der Waals surface area contributed by atoms with Gasteiger partial charge in [0.25, 0.3) is 0 Å². The molecule has 1 aliphatic heterocycles. The van der Waals surface area contributed by atoms with E-state index >= 15 is 0 Å². The van der Waals surface area contributed by atoms with Crippen molar-refractivity contribution in [2.24, 2.45) is 0 Å². The van der Waals surface area contributed by atoms with E-state index in [1.165, 1.54) is 0 Å². The first-order chi connectivity index (χ1) is 10.9. The second-order valence-corrected chi connectivity index (χ2v) is 9.27. The van der Waals surface area contributed by atoms with Crippen LogP contribution in [0.15, 0.2) is 22.7 Å². The minimum absolute atomic E-state index is 0.0941. The van der Waals surface area contributed by atoms with Crippen LogP contribution < -0.4 is 9.46 Å². The molecule has 0 saturated heterocycles. The molecule has 1 aromatic rings. The Morgan fingerprint density at radius 1 is 1.46 bits per heavy atom. The Morgan fingerprint density at radius 3 is 2.75 bits per heavy atom. The van der Waals surface area contributed by atoms with E-state index in [-0.39, 0.29) is 13.0 Å². The number of aliphatic hydroxyl groups is 1. The lowest BCUT2D eigenvalue weighted by atomic mass is 9.90. The fourth-order valence-corrected chi connectivity index (χ4v) is 4.03. The first kappa shape index (κ1) is 19.0. The van der Waals surface area contributed by atoms with E-state index in [1.54, 1.807) is 39.0 Å². The summed E-state index contributed by atoms with van der Waals surface area (Å²) in [6, 6.07) is 4.95. The number of fused-ring (bicyclic) bond motifs is 1. The maximum absolute atomic E-state index is 12.3. The molecule has 0 bridgehead atoms. The van der Waals surface area contributed by atoms with Crippen LogP contribution in [0.3, 0.4) is 0 Å². The second kappa shape index (κ2) is 6.53. The summed E-state index contributed by atoms with van der Waals surface area (Å²) in [5.74, 6) is -0.261. The molecule has 0 fully saturated rings. The average molecular weight is 422 g/mol. The third-order valence-corrected chi connectivity index (χ3v) is 5.11. The minimum Gasteiger partial charge on any atom is -0.493 e. The second-order valence-electron chi connectivity index (χ2n) is 6.63. The molecule has 0 aromatic heterocycles. The van der Waals surface area contributed by atoms with Crippen molar-refractivity contribution in [3.05, 3.63) is 28.2 Å². The molecule has 0 radical (unpaired) electrons. The number of sulfonamides is 1. The van der Waals surface area contributed by atoms with Gasteiger partial charge in [0, 0.05) is 16.5 Å². The number of benzene rings is 1. The summed E-state index contributed by atoms with van der Waals surface area (Å²) in [6.07, 6.45) is -0.981. The van der Waals surface area contributed by atoms with E-state index in [0.29, 0.717) is 11.3 Å². The van der Waals surface area contributed by atoms with Crippen LogP contribution in [0.2, 0.25) is 0 Å². The Bertz CT molecular complexity index is 743. The van der Waals surface area contributed by atoms with Crippen molar-refractivity contribution in [2.45, 2.75) is 38.4 Å². The molecule has 1 aliphatic rings. The molecule has 1 aromatic carbocycles. The van der Waals surface area contributed by atoms with Crippen LogP contribution in [0.1, 0.15) is 32.8 Å². The number of ether oxygens (including phenoxy) is 2. The van der Waals surface area contributed by atoms with Crippen LogP contribution in [0.5, 0.6) is 5.75 Å². The molecule has 1 unspecified atom stereocenters. The molecule has 24 heavy (non-hydrogen) atoms. The molecule has 134 valence electrons. The van der Waals surface area contributed by atoms with E-state index in [4.69, 9.17) is 9.47 Å². The molecule has 2 N–H and O–H groups in total. The van der Waals surface area contributed by atoms with Crippen LogP contribution in [0, 0.1) is 0 Å². The molecule has 0 saturated carbocycles. The van der Waals surface area contributed by atoms with Crippen molar-refractivity contribution in [1.29, 1.82) is 0 Å². The third-order valence-electron chi connectivity index (χ3n) is 3.28. The average Bonchev–Trinajstić information content (AvgIpc) is 2.33. The highest BCUT2D eigenvalue weighted by Crippen LogP contribution is 2.39. The van der Waals surface area contributed by atoms with Gasteiger partial charge < -0.3 is 14.6 Å². The molecule has 2 rings (SSSR count). The van der Waals surface area contributed by atoms with Crippen LogP contribution in [-0.2, 0) is 20.4 Å². The number of hydrogen-bond acceptors (Lipinski definition) is 6. The van der Waals surface area contributed by atoms with E-state index < -0.39 is 33.1 Å². The Hall–Kier alpha value is -1.32. The lowest BCUT2D eigenvalue weighted by Gasteiger charge is -2.34. The molecule has 0 spiro atoms. The van der Waals surface area contributed by atoms with E-state index in [0.717, 1.165) is 4.47 Å². The normalized spacial score (nSPS) is 20.7. The van der Waals surface area contributed by atoms with Gasteiger partial charge in [-0.15, -0.1) is 0 Å². The van der Waals surface area contributed by atoms with Gasteiger partial charge >= 0.3 is 6.09 Å². The maximum Gasteiger partial charge on any atom is 0.421 e. The summed E-state index contributed by atoms with van der Waals surface area (Å²) in [5.41, 5.74) is -2.11. The number of halogens is 1. The summed E-state index contributed by atoms with van der Waals surface area (Å²) in [5, 5.41) is 10.8. The SMILES string of the molecule is CC(C)(C)OC(=O)NS(=O)(=O)CC1(O)CCOc2cc(Br)ccc21.